The van der Waals surface area contributed by atoms with Gasteiger partial charge in [0.25, 0.3) is 5.91 Å². The van der Waals surface area contributed by atoms with Gasteiger partial charge in [0.1, 0.15) is 0 Å². The van der Waals surface area contributed by atoms with Crippen LogP contribution in [0.15, 0.2) is 117 Å². The first-order valence-electron chi connectivity index (χ1n) is 19.4. The molecule has 6 rings (SSSR count). The Bertz CT molecular complexity index is 1920. The van der Waals surface area contributed by atoms with E-state index in [-0.39, 0.29) is 22.6 Å². The van der Waals surface area contributed by atoms with E-state index in [1.54, 1.807) is 31.3 Å². The maximum Gasteiger partial charge on any atom is 0.446 e. The Morgan fingerprint density at radius 2 is 1.58 bits per heavy atom. The molecule has 0 saturated carbocycles. The van der Waals surface area contributed by atoms with Gasteiger partial charge in [-0.3, -0.25) is 14.4 Å². The summed E-state index contributed by atoms with van der Waals surface area (Å²) < 4.78 is 41.6. The van der Waals surface area contributed by atoms with Crippen LogP contribution in [0.5, 0.6) is 0 Å². The molecule has 0 radical (unpaired) electrons. The van der Waals surface area contributed by atoms with Crippen LogP contribution in [0.2, 0.25) is 5.02 Å². The summed E-state index contributed by atoms with van der Waals surface area (Å²) in [6.45, 7) is 13.9. The minimum Gasteiger partial charge on any atom is -0.387 e. The minimum absolute atomic E-state index is 0.0509. The molecule has 12 heteroatoms. The van der Waals surface area contributed by atoms with Crippen LogP contribution in [-0.2, 0) is 0 Å². The number of alkyl halides is 3. The lowest BCUT2D eigenvalue weighted by molar-refractivity contribution is -0.0328. The van der Waals surface area contributed by atoms with Gasteiger partial charge in [0.15, 0.2) is 0 Å². The highest BCUT2D eigenvalue weighted by atomic mass is 35.5. The average molecular weight is 856 g/mol. The summed E-state index contributed by atoms with van der Waals surface area (Å²) in [6.07, 6.45) is 4.67. The van der Waals surface area contributed by atoms with Crippen molar-refractivity contribution in [3.8, 4) is 0 Å². The molecule has 4 aromatic carbocycles. The van der Waals surface area contributed by atoms with Crippen molar-refractivity contribution in [3.05, 3.63) is 119 Å². The quantitative estimate of drug-likeness (QED) is 0.103. The molecule has 4 aromatic rings. The smallest absolute Gasteiger partial charge is 0.387 e. The molecular weight excluding hydrogens is 801 g/mol. The average Bonchev–Trinajstić information content (AvgIpc) is 3.18. The van der Waals surface area contributed by atoms with Crippen molar-refractivity contribution in [3.63, 3.8) is 0 Å². The minimum atomic E-state index is -4.40. The van der Waals surface area contributed by atoms with Gasteiger partial charge in [-0.15, -0.1) is 11.8 Å². The molecule has 1 fully saturated rings. The molecule has 306 valence electrons. The predicted molar refractivity (Wildman–Crippen MR) is 239 cm³/mol. The maximum atomic E-state index is 13.0. The van der Waals surface area contributed by atoms with Crippen molar-refractivity contribution < 1.29 is 18.0 Å². The van der Waals surface area contributed by atoms with E-state index < -0.39 is 5.51 Å². The summed E-state index contributed by atoms with van der Waals surface area (Å²) in [5, 5.41) is 3.53. The summed E-state index contributed by atoms with van der Waals surface area (Å²) in [6, 6.07) is 31.0. The van der Waals surface area contributed by atoms with Crippen LogP contribution in [0.3, 0.4) is 0 Å². The number of hydrogen-bond acceptors (Lipinski definition) is 7. The number of halogens is 4. The summed E-state index contributed by atoms with van der Waals surface area (Å²) in [7, 11) is 1.57. The number of nitrogens with zero attached hydrogens (tertiary/aromatic N) is 2. The van der Waals surface area contributed by atoms with Crippen LogP contribution < -0.4 is 14.9 Å². The van der Waals surface area contributed by atoms with E-state index in [2.05, 4.69) is 90.0 Å². The van der Waals surface area contributed by atoms with Crippen molar-refractivity contribution in [2.24, 2.45) is 11.3 Å². The van der Waals surface area contributed by atoms with Crippen LogP contribution in [0.4, 0.5) is 24.5 Å². The molecule has 0 spiro atoms. The summed E-state index contributed by atoms with van der Waals surface area (Å²) in [5.41, 5.74) is 2.10. The van der Waals surface area contributed by atoms with Gasteiger partial charge >= 0.3 is 5.51 Å². The fourth-order valence-corrected chi connectivity index (χ4v) is 9.63. The van der Waals surface area contributed by atoms with Gasteiger partial charge in [0.2, 0.25) is 0 Å². The number of piperazine rings is 1. The molecule has 57 heavy (non-hydrogen) atoms. The highest BCUT2D eigenvalue weighted by Crippen LogP contribution is 2.43. The van der Waals surface area contributed by atoms with E-state index in [9.17, 15) is 18.0 Å². The number of carbonyl (C=O) groups excluding carboxylic acids is 1. The molecule has 2 aliphatic rings. The third kappa shape index (κ3) is 14.5. The number of carbonyl (C=O) groups is 1. The standard InChI is InChI=1S/C34H38ClF3N4OS2.C11H16S/c1-33(2)15-14-29(23-4-8-26(35)9-5-23)25(21-33)22-41-16-18-42(19-17-41)27-10-6-24(7-11-27)32(43)40-45-28-12-13-30(39-3)31(20-28)44-34(36,37)38;1-10(2)8-9-12-11-6-4-3-5-7-11/h4-13,20,39H,14-19,21-22H2,1-3H3,(H,40,43);3-7,10H,8-9H2,1-2H3. The van der Waals surface area contributed by atoms with E-state index in [4.69, 9.17) is 11.6 Å². The molecule has 0 bridgehead atoms. The molecule has 0 atom stereocenters. The number of anilines is 2. The maximum absolute atomic E-state index is 13.0. The van der Waals surface area contributed by atoms with Crippen molar-refractivity contribution in [2.45, 2.75) is 73.6 Å². The molecule has 1 saturated heterocycles. The van der Waals surface area contributed by atoms with E-state index in [0.29, 0.717) is 21.6 Å². The van der Waals surface area contributed by atoms with E-state index in [0.717, 1.165) is 74.1 Å². The molecule has 2 N–H and O–H groups in total. The van der Waals surface area contributed by atoms with Crippen molar-refractivity contribution in [1.29, 1.82) is 0 Å². The number of amides is 1. The third-order valence-electron chi connectivity index (χ3n) is 10.1. The van der Waals surface area contributed by atoms with Crippen molar-refractivity contribution >= 4 is 69.9 Å². The van der Waals surface area contributed by atoms with Crippen LogP contribution in [-0.4, -0.2) is 61.8 Å². The lowest BCUT2D eigenvalue weighted by Crippen LogP contribution is -2.47. The van der Waals surface area contributed by atoms with Crippen LogP contribution >= 0.6 is 47.1 Å². The largest absolute Gasteiger partial charge is 0.446 e. The molecule has 0 aromatic heterocycles. The number of rotatable bonds is 13. The Kier molecular flexibility index (Phi) is 16.7. The monoisotopic (exact) mass is 854 g/mol. The SMILES string of the molecule is CC(C)CCSc1ccccc1.CNc1ccc(SNC(=O)c2ccc(N3CCN(CC4=C(c5ccc(Cl)cc5)CCC(C)(C)C4)CC3)cc2)cc1SC(F)(F)F. The summed E-state index contributed by atoms with van der Waals surface area (Å²) in [4.78, 5) is 19.6. The first-order valence-corrected chi connectivity index (χ1v) is 22.4. The second-order valence-electron chi connectivity index (χ2n) is 15.6. The fourth-order valence-electron chi connectivity index (χ4n) is 6.90. The van der Waals surface area contributed by atoms with E-state index >= 15 is 0 Å². The molecule has 5 nitrogen and oxygen atoms in total. The highest BCUT2D eigenvalue weighted by molar-refractivity contribution is 8.00. The van der Waals surface area contributed by atoms with Gasteiger partial charge in [-0.2, -0.15) is 13.2 Å². The van der Waals surface area contributed by atoms with Gasteiger partial charge in [0, 0.05) is 76.4 Å². The number of benzene rings is 4. The van der Waals surface area contributed by atoms with Gasteiger partial charge in [-0.25, -0.2) is 0 Å². The molecule has 1 aliphatic carbocycles. The molecule has 0 unspecified atom stereocenters. The van der Waals surface area contributed by atoms with E-state index in [1.807, 2.05) is 36.0 Å². The van der Waals surface area contributed by atoms with Crippen LogP contribution in [0.1, 0.15) is 69.3 Å². The normalized spacial score (nSPS) is 15.9. The molecule has 1 amide bonds. The topological polar surface area (TPSA) is 47.6 Å². The first-order chi connectivity index (χ1) is 27.2. The highest BCUT2D eigenvalue weighted by Gasteiger charge is 2.31. The second-order valence-corrected chi connectivity index (χ2v) is 19.2. The third-order valence-corrected chi connectivity index (χ3v) is 12.9. The Labute approximate surface area is 355 Å². The predicted octanol–water partition coefficient (Wildman–Crippen LogP) is 13.0. The van der Waals surface area contributed by atoms with Crippen molar-refractivity contribution in [2.75, 3.05) is 55.7 Å². The Hall–Kier alpha value is -3.22. The first kappa shape index (κ1) is 44.9. The summed E-state index contributed by atoms with van der Waals surface area (Å²) in [5.74, 6) is 1.75. The zero-order chi connectivity index (χ0) is 41.0. The lowest BCUT2D eigenvalue weighted by atomic mass is 9.73. The number of hydrogen-bond donors (Lipinski definition) is 2. The van der Waals surface area contributed by atoms with Gasteiger partial charge < -0.3 is 10.2 Å². The lowest BCUT2D eigenvalue weighted by Gasteiger charge is -2.39. The summed E-state index contributed by atoms with van der Waals surface area (Å²) >= 11 is 8.92. The van der Waals surface area contributed by atoms with Crippen LogP contribution in [0.25, 0.3) is 5.57 Å². The van der Waals surface area contributed by atoms with Crippen LogP contribution in [0, 0.1) is 11.3 Å². The molecule has 1 aliphatic heterocycles. The number of nitrogens with one attached hydrogen (secondary N) is 2. The zero-order valence-corrected chi connectivity index (χ0v) is 36.6. The number of thioether (sulfide) groups is 2. The number of allylic oxidation sites excluding steroid dienone is 1. The van der Waals surface area contributed by atoms with Crippen molar-refractivity contribution in [1.82, 2.24) is 9.62 Å². The van der Waals surface area contributed by atoms with Gasteiger partial charge in [-0.05, 0) is 144 Å². The zero-order valence-electron chi connectivity index (χ0n) is 33.4. The van der Waals surface area contributed by atoms with Gasteiger partial charge in [-0.1, -0.05) is 75.2 Å². The fraction of sp³-hybridized carbons (Fsp3) is 0.400. The van der Waals surface area contributed by atoms with Gasteiger partial charge in [0.05, 0.1) is 0 Å². The molecule has 1 heterocycles. The Morgan fingerprint density at radius 3 is 2.21 bits per heavy atom. The Morgan fingerprint density at radius 1 is 0.895 bits per heavy atom. The molecular formula is C45H54ClF3N4OS3. The second kappa shape index (κ2) is 21.2. The Balaban J connectivity index is 0.000000442. The van der Waals surface area contributed by atoms with E-state index in [1.165, 1.54) is 46.3 Å².